The summed E-state index contributed by atoms with van der Waals surface area (Å²) < 4.78 is 1.54. The molecule has 6 heteroatoms. The summed E-state index contributed by atoms with van der Waals surface area (Å²) in [5, 5.41) is 13.0. The SMILES string of the molecule is C[C@]1(C(=O)O)CCN(C(=O)Cn2cccn2)C1. The first-order valence-electron chi connectivity index (χ1n) is 5.50. The Morgan fingerprint density at radius 3 is 2.82 bits per heavy atom. The van der Waals surface area contributed by atoms with Crippen LogP contribution in [0.25, 0.3) is 0 Å². The zero-order valence-electron chi connectivity index (χ0n) is 9.67. The van der Waals surface area contributed by atoms with Gasteiger partial charge < -0.3 is 10.0 Å². The van der Waals surface area contributed by atoms with Crippen LogP contribution in [-0.4, -0.2) is 44.8 Å². The predicted octanol–water partition coefficient (Wildman–Crippen LogP) is 0.206. The largest absolute Gasteiger partial charge is 0.481 e. The number of aliphatic carboxylic acids is 1. The summed E-state index contributed by atoms with van der Waals surface area (Å²) in [7, 11) is 0. The lowest BCUT2D eigenvalue weighted by atomic mass is 9.90. The zero-order valence-corrected chi connectivity index (χ0v) is 9.67. The lowest BCUT2D eigenvalue weighted by molar-refractivity contribution is -0.147. The topological polar surface area (TPSA) is 75.4 Å². The summed E-state index contributed by atoms with van der Waals surface area (Å²) in [4.78, 5) is 24.5. The second-order valence-corrected chi connectivity index (χ2v) is 4.63. The highest BCUT2D eigenvalue weighted by atomic mass is 16.4. The van der Waals surface area contributed by atoms with Gasteiger partial charge in [0.05, 0.1) is 5.41 Å². The van der Waals surface area contributed by atoms with Crippen molar-refractivity contribution in [2.24, 2.45) is 5.41 Å². The Hall–Kier alpha value is -1.85. The molecule has 2 heterocycles. The van der Waals surface area contributed by atoms with Gasteiger partial charge in [0.15, 0.2) is 0 Å². The Kier molecular flexibility index (Phi) is 2.87. The van der Waals surface area contributed by atoms with Crippen LogP contribution in [0.15, 0.2) is 18.5 Å². The van der Waals surface area contributed by atoms with Crippen molar-refractivity contribution in [3.05, 3.63) is 18.5 Å². The third-order valence-electron chi connectivity index (χ3n) is 3.20. The molecule has 0 aliphatic carbocycles. The van der Waals surface area contributed by atoms with Crippen molar-refractivity contribution >= 4 is 11.9 Å². The second-order valence-electron chi connectivity index (χ2n) is 4.63. The number of hydrogen-bond acceptors (Lipinski definition) is 3. The van der Waals surface area contributed by atoms with Crippen LogP contribution in [0.5, 0.6) is 0 Å². The van der Waals surface area contributed by atoms with Crippen molar-refractivity contribution in [3.63, 3.8) is 0 Å². The molecule has 1 saturated heterocycles. The van der Waals surface area contributed by atoms with Gasteiger partial charge in [-0.1, -0.05) is 0 Å². The summed E-state index contributed by atoms with van der Waals surface area (Å²) in [6.07, 6.45) is 3.83. The monoisotopic (exact) mass is 237 g/mol. The van der Waals surface area contributed by atoms with Crippen LogP contribution < -0.4 is 0 Å². The van der Waals surface area contributed by atoms with Crippen molar-refractivity contribution < 1.29 is 14.7 Å². The average Bonchev–Trinajstić information content (AvgIpc) is 2.88. The summed E-state index contributed by atoms with van der Waals surface area (Å²) in [6.45, 7) is 2.63. The van der Waals surface area contributed by atoms with E-state index in [1.165, 1.54) is 0 Å². The fourth-order valence-electron chi connectivity index (χ4n) is 1.98. The van der Waals surface area contributed by atoms with E-state index >= 15 is 0 Å². The maximum atomic E-state index is 11.9. The van der Waals surface area contributed by atoms with Gasteiger partial charge in [0.2, 0.25) is 5.91 Å². The number of rotatable bonds is 3. The van der Waals surface area contributed by atoms with Crippen LogP contribution in [0.1, 0.15) is 13.3 Å². The lowest BCUT2D eigenvalue weighted by Gasteiger charge is -2.20. The number of aromatic nitrogens is 2. The van der Waals surface area contributed by atoms with Crippen molar-refractivity contribution in [2.75, 3.05) is 13.1 Å². The minimum Gasteiger partial charge on any atom is -0.481 e. The van der Waals surface area contributed by atoms with Crippen LogP contribution in [0.4, 0.5) is 0 Å². The van der Waals surface area contributed by atoms with Gasteiger partial charge in [-0.25, -0.2) is 0 Å². The highest BCUT2D eigenvalue weighted by Crippen LogP contribution is 2.30. The van der Waals surface area contributed by atoms with E-state index in [2.05, 4.69) is 5.10 Å². The van der Waals surface area contributed by atoms with E-state index in [1.807, 2.05) is 0 Å². The first-order chi connectivity index (χ1) is 8.01. The third kappa shape index (κ3) is 2.30. The molecule has 0 bridgehead atoms. The molecule has 0 spiro atoms. The maximum Gasteiger partial charge on any atom is 0.311 e. The Morgan fingerprint density at radius 2 is 2.29 bits per heavy atom. The zero-order chi connectivity index (χ0) is 12.5. The molecule has 0 aromatic carbocycles. The molecule has 0 unspecified atom stereocenters. The molecular weight excluding hydrogens is 222 g/mol. The highest BCUT2D eigenvalue weighted by molar-refractivity contribution is 5.80. The summed E-state index contributed by atoms with van der Waals surface area (Å²) >= 11 is 0. The molecule has 2 rings (SSSR count). The van der Waals surface area contributed by atoms with Crippen LogP contribution >= 0.6 is 0 Å². The number of carbonyl (C=O) groups is 2. The number of amides is 1. The van der Waals surface area contributed by atoms with Gasteiger partial charge in [0.1, 0.15) is 6.54 Å². The van der Waals surface area contributed by atoms with E-state index in [1.54, 1.807) is 35.0 Å². The Labute approximate surface area is 98.8 Å². The molecule has 17 heavy (non-hydrogen) atoms. The smallest absolute Gasteiger partial charge is 0.311 e. The highest BCUT2D eigenvalue weighted by Gasteiger charge is 2.41. The standard InChI is InChI=1S/C11H15N3O3/c1-11(10(16)17)3-6-13(8-11)9(15)7-14-5-2-4-12-14/h2,4-5H,3,6-8H2,1H3,(H,16,17)/t11-/m0/s1. The third-order valence-corrected chi connectivity index (χ3v) is 3.20. The molecule has 1 N–H and O–H groups in total. The fraction of sp³-hybridized carbons (Fsp3) is 0.545. The molecule has 1 aliphatic heterocycles. The summed E-state index contributed by atoms with van der Waals surface area (Å²) in [5.74, 6) is -0.925. The van der Waals surface area contributed by atoms with E-state index in [0.29, 0.717) is 13.0 Å². The Bertz CT molecular complexity index is 429. The molecule has 0 saturated carbocycles. The second kappa shape index (κ2) is 4.20. The van der Waals surface area contributed by atoms with Crippen LogP contribution in [-0.2, 0) is 16.1 Å². The summed E-state index contributed by atoms with van der Waals surface area (Å²) in [5.41, 5.74) is -0.806. The van der Waals surface area contributed by atoms with Gasteiger partial charge in [0.25, 0.3) is 0 Å². The van der Waals surface area contributed by atoms with Gasteiger partial charge >= 0.3 is 5.97 Å². The minimum absolute atomic E-state index is 0.0846. The fourth-order valence-corrected chi connectivity index (χ4v) is 1.98. The van der Waals surface area contributed by atoms with Gasteiger partial charge in [-0.3, -0.25) is 14.3 Å². The van der Waals surface area contributed by atoms with E-state index < -0.39 is 11.4 Å². The van der Waals surface area contributed by atoms with Crippen molar-refractivity contribution in [1.82, 2.24) is 14.7 Å². The van der Waals surface area contributed by atoms with Gasteiger partial charge in [-0.05, 0) is 19.4 Å². The number of carboxylic acids is 1. The molecule has 92 valence electrons. The number of nitrogens with zero attached hydrogens (tertiary/aromatic N) is 3. The molecule has 1 aromatic rings. The summed E-state index contributed by atoms with van der Waals surface area (Å²) in [6, 6.07) is 1.75. The molecule has 1 atom stereocenters. The maximum absolute atomic E-state index is 11.9. The van der Waals surface area contributed by atoms with Crippen molar-refractivity contribution in [3.8, 4) is 0 Å². The van der Waals surface area contributed by atoms with Gasteiger partial charge in [-0.2, -0.15) is 5.10 Å². The van der Waals surface area contributed by atoms with Gasteiger partial charge in [-0.15, -0.1) is 0 Å². The van der Waals surface area contributed by atoms with Gasteiger partial charge in [0, 0.05) is 25.5 Å². The molecule has 1 aliphatic rings. The minimum atomic E-state index is -0.841. The number of carbonyl (C=O) groups excluding carboxylic acids is 1. The predicted molar refractivity (Wildman–Crippen MR) is 59.2 cm³/mol. The van der Waals surface area contributed by atoms with Crippen LogP contribution in [0.2, 0.25) is 0 Å². The van der Waals surface area contributed by atoms with Crippen molar-refractivity contribution in [1.29, 1.82) is 0 Å². The quantitative estimate of drug-likeness (QED) is 0.815. The molecule has 0 radical (unpaired) electrons. The number of carboxylic acid groups (broad SMARTS) is 1. The number of hydrogen-bond donors (Lipinski definition) is 1. The van der Waals surface area contributed by atoms with Crippen molar-refractivity contribution in [2.45, 2.75) is 19.9 Å². The first kappa shape index (κ1) is 11.6. The molecule has 6 nitrogen and oxygen atoms in total. The average molecular weight is 237 g/mol. The Morgan fingerprint density at radius 1 is 1.53 bits per heavy atom. The molecular formula is C11H15N3O3. The molecule has 1 fully saturated rings. The van der Waals surface area contributed by atoms with E-state index in [9.17, 15) is 9.59 Å². The lowest BCUT2D eigenvalue weighted by Crippen LogP contribution is -2.36. The van der Waals surface area contributed by atoms with E-state index in [0.717, 1.165) is 0 Å². The van der Waals surface area contributed by atoms with E-state index in [-0.39, 0.29) is 19.0 Å². The Balaban J connectivity index is 1.97. The van der Waals surface area contributed by atoms with Crippen LogP contribution in [0, 0.1) is 5.41 Å². The van der Waals surface area contributed by atoms with Crippen LogP contribution in [0.3, 0.4) is 0 Å². The number of likely N-dealkylation sites (tertiary alicyclic amines) is 1. The molecule has 1 aromatic heterocycles. The first-order valence-corrected chi connectivity index (χ1v) is 5.50. The normalized spacial score (nSPS) is 23.9. The van der Waals surface area contributed by atoms with E-state index in [4.69, 9.17) is 5.11 Å². The molecule has 1 amide bonds.